The van der Waals surface area contributed by atoms with Crippen LogP contribution in [0.3, 0.4) is 0 Å². The van der Waals surface area contributed by atoms with Crippen molar-refractivity contribution in [1.29, 1.82) is 0 Å². The Morgan fingerprint density at radius 3 is 2.33 bits per heavy atom. The lowest BCUT2D eigenvalue weighted by molar-refractivity contribution is -0.137. The Kier molecular flexibility index (Phi) is 5.99. The zero-order valence-corrected chi connectivity index (χ0v) is 16.5. The van der Waals surface area contributed by atoms with Crippen LogP contribution < -0.4 is 5.32 Å². The van der Waals surface area contributed by atoms with Gasteiger partial charge in [0.1, 0.15) is 0 Å². The highest BCUT2D eigenvalue weighted by atomic mass is 35.5. The predicted molar refractivity (Wildman–Crippen MR) is 106 cm³/mol. The normalized spacial score (nSPS) is 11.6. The van der Waals surface area contributed by atoms with E-state index in [-0.39, 0.29) is 0 Å². The minimum atomic E-state index is -4.35. The number of halogens is 5. The van der Waals surface area contributed by atoms with Gasteiger partial charge in [-0.05, 0) is 42.8 Å². The fourth-order valence-electron chi connectivity index (χ4n) is 2.54. The van der Waals surface area contributed by atoms with Crippen LogP contribution in [0.4, 0.5) is 24.0 Å². The predicted octanol–water partition coefficient (Wildman–Crippen LogP) is 7.83. The smallest absolute Gasteiger partial charge is 0.332 e. The second-order valence-corrected chi connectivity index (χ2v) is 7.77. The molecule has 0 atom stereocenters. The molecule has 0 unspecified atom stereocenters. The molecular weight excluding hydrogens is 416 g/mol. The molecule has 0 aliphatic rings. The second kappa shape index (κ2) is 8.09. The first-order valence-electron chi connectivity index (χ1n) is 8.17. The van der Waals surface area contributed by atoms with Crippen LogP contribution in [-0.2, 0) is 12.6 Å². The van der Waals surface area contributed by atoms with E-state index in [1.165, 1.54) is 23.5 Å². The molecule has 27 heavy (non-hydrogen) atoms. The van der Waals surface area contributed by atoms with Gasteiger partial charge in [-0.1, -0.05) is 42.6 Å². The Hall–Kier alpha value is -1.76. The molecule has 142 valence electrons. The molecule has 3 rings (SSSR count). The van der Waals surface area contributed by atoms with Gasteiger partial charge >= 0.3 is 6.18 Å². The van der Waals surface area contributed by atoms with E-state index in [0.29, 0.717) is 20.9 Å². The monoisotopic (exact) mass is 430 g/mol. The molecule has 1 N–H and O–H groups in total. The molecule has 3 aromatic rings. The zero-order chi connectivity index (χ0) is 19.6. The molecule has 0 spiro atoms. The summed E-state index contributed by atoms with van der Waals surface area (Å²) in [4.78, 5) is 5.69. The largest absolute Gasteiger partial charge is 0.416 e. The number of thiazole rings is 1. The fraction of sp³-hybridized carbons (Fsp3) is 0.211. The molecule has 0 aliphatic heterocycles. The quantitative estimate of drug-likeness (QED) is 0.445. The summed E-state index contributed by atoms with van der Waals surface area (Å²) in [6.45, 7) is 2.07. The summed E-state index contributed by atoms with van der Waals surface area (Å²) in [5.41, 5.74) is 1.51. The molecular formula is C19H15Cl2F3N2S. The van der Waals surface area contributed by atoms with Crippen LogP contribution in [0.25, 0.3) is 11.3 Å². The van der Waals surface area contributed by atoms with Crippen LogP contribution in [0.5, 0.6) is 0 Å². The van der Waals surface area contributed by atoms with Crippen molar-refractivity contribution in [2.45, 2.75) is 25.9 Å². The second-order valence-electron chi connectivity index (χ2n) is 5.87. The molecule has 0 saturated carbocycles. The minimum absolute atomic E-state index is 0.446. The number of nitrogens with one attached hydrogen (secondary N) is 1. The number of hydrogen-bond donors (Lipinski definition) is 1. The number of hydrogen-bond acceptors (Lipinski definition) is 3. The maximum Gasteiger partial charge on any atom is 0.416 e. The summed E-state index contributed by atoms with van der Waals surface area (Å²) in [7, 11) is 0. The van der Waals surface area contributed by atoms with Crippen LogP contribution in [0, 0.1) is 0 Å². The first-order valence-corrected chi connectivity index (χ1v) is 9.74. The third-order valence-corrected chi connectivity index (χ3v) is 5.60. The van der Waals surface area contributed by atoms with E-state index in [1.54, 1.807) is 12.1 Å². The van der Waals surface area contributed by atoms with E-state index in [9.17, 15) is 13.2 Å². The zero-order valence-electron chi connectivity index (χ0n) is 14.2. The van der Waals surface area contributed by atoms with Gasteiger partial charge in [0.15, 0.2) is 5.13 Å². The standard InChI is InChI=1S/C19H15Cl2F3N2S/c1-2-3-16-17(11-4-9-14(20)15(21)10-11)26-18(27-16)25-13-7-5-12(6-8-13)19(22,23)24/h4-10H,2-3H2,1H3,(H,25,26). The first kappa shape index (κ1) is 20.0. The van der Waals surface area contributed by atoms with E-state index < -0.39 is 11.7 Å². The minimum Gasteiger partial charge on any atom is -0.332 e. The molecule has 0 saturated heterocycles. The van der Waals surface area contributed by atoms with Crippen molar-refractivity contribution >= 4 is 45.4 Å². The van der Waals surface area contributed by atoms with E-state index in [2.05, 4.69) is 17.2 Å². The van der Waals surface area contributed by atoms with E-state index in [1.807, 2.05) is 6.07 Å². The lowest BCUT2D eigenvalue weighted by Crippen LogP contribution is -2.04. The number of aryl methyl sites for hydroxylation is 1. The van der Waals surface area contributed by atoms with Crippen molar-refractivity contribution in [3.63, 3.8) is 0 Å². The molecule has 0 bridgehead atoms. The summed E-state index contributed by atoms with van der Waals surface area (Å²) in [5.74, 6) is 0. The van der Waals surface area contributed by atoms with Gasteiger partial charge in [0.25, 0.3) is 0 Å². The Morgan fingerprint density at radius 1 is 1.04 bits per heavy atom. The summed E-state index contributed by atoms with van der Waals surface area (Å²) in [5, 5.41) is 4.60. The van der Waals surface area contributed by atoms with Gasteiger partial charge in [0.2, 0.25) is 0 Å². The van der Waals surface area contributed by atoms with Gasteiger partial charge in [-0.3, -0.25) is 0 Å². The van der Waals surface area contributed by atoms with E-state index >= 15 is 0 Å². The number of alkyl halides is 3. The Morgan fingerprint density at radius 2 is 1.74 bits per heavy atom. The highest BCUT2D eigenvalue weighted by Crippen LogP contribution is 2.36. The van der Waals surface area contributed by atoms with Gasteiger partial charge < -0.3 is 5.32 Å². The van der Waals surface area contributed by atoms with Crippen molar-refractivity contribution in [2.75, 3.05) is 5.32 Å². The summed E-state index contributed by atoms with van der Waals surface area (Å²) >= 11 is 13.6. The molecule has 1 aromatic heterocycles. The summed E-state index contributed by atoms with van der Waals surface area (Å²) in [6.07, 6.45) is -2.58. The van der Waals surface area contributed by atoms with Crippen molar-refractivity contribution < 1.29 is 13.2 Å². The van der Waals surface area contributed by atoms with Gasteiger partial charge in [-0.25, -0.2) is 4.98 Å². The van der Waals surface area contributed by atoms with Crippen LogP contribution >= 0.6 is 34.5 Å². The SMILES string of the molecule is CCCc1sc(Nc2ccc(C(F)(F)F)cc2)nc1-c1ccc(Cl)c(Cl)c1. The average Bonchev–Trinajstić information content (AvgIpc) is 3.00. The summed E-state index contributed by atoms with van der Waals surface area (Å²) < 4.78 is 38.1. The van der Waals surface area contributed by atoms with Gasteiger partial charge in [0.05, 0.1) is 21.3 Å². The Balaban J connectivity index is 1.89. The van der Waals surface area contributed by atoms with E-state index in [4.69, 9.17) is 23.2 Å². The van der Waals surface area contributed by atoms with Gasteiger partial charge in [-0.2, -0.15) is 13.2 Å². The highest BCUT2D eigenvalue weighted by Gasteiger charge is 2.30. The van der Waals surface area contributed by atoms with Gasteiger partial charge in [0, 0.05) is 16.1 Å². The topological polar surface area (TPSA) is 24.9 Å². The highest BCUT2D eigenvalue weighted by molar-refractivity contribution is 7.16. The first-order chi connectivity index (χ1) is 12.8. The molecule has 0 aliphatic carbocycles. The van der Waals surface area contributed by atoms with Crippen molar-refractivity contribution in [3.8, 4) is 11.3 Å². The van der Waals surface area contributed by atoms with Crippen LogP contribution in [0.2, 0.25) is 10.0 Å². The average molecular weight is 431 g/mol. The van der Waals surface area contributed by atoms with E-state index in [0.717, 1.165) is 41.1 Å². The number of rotatable bonds is 5. The van der Waals surface area contributed by atoms with Crippen molar-refractivity contribution in [2.24, 2.45) is 0 Å². The summed E-state index contributed by atoms with van der Waals surface area (Å²) in [6, 6.07) is 10.2. The maximum atomic E-state index is 12.7. The molecule has 1 heterocycles. The molecule has 0 amide bonds. The van der Waals surface area contributed by atoms with Crippen LogP contribution in [0.15, 0.2) is 42.5 Å². The number of aromatic nitrogens is 1. The van der Waals surface area contributed by atoms with Crippen molar-refractivity contribution in [3.05, 3.63) is 63.0 Å². The fourth-order valence-corrected chi connectivity index (χ4v) is 3.94. The Labute approximate surface area is 169 Å². The maximum absolute atomic E-state index is 12.7. The molecule has 2 aromatic carbocycles. The van der Waals surface area contributed by atoms with Crippen LogP contribution in [-0.4, -0.2) is 4.98 Å². The number of anilines is 2. The Bertz CT molecular complexity index is 937. The number of benzene rings is 2. The number of nitrogens with zero attached hydrogens (tertiary/aromatic N) is 1. The van der Waals surface area contributed by atoms with Crippen molar-refractivity contribution in [1.82, 2.24) is 4.98 Å². The lowest BCUT2D eigenvalue weighted by Gasteiger charge is -2.07. The molecule has 2 nitrogen and oxygen atoms in total. The molecule has 0 radical (unpaired) electrons. The molecule has 8 heteroatoms. The van der Waals surface area contributed by atoms with Gasteiger partial charge in [-0.15, -0.1) is 11.3 Å². The third kappa shape index (κ3) is 4.75. The molecule has 0 fully saturated rings. The lowest BCUT2D eigenvalue weighted by atomic mass is 10.1. The van der Waals surface area contributed by atoms with Crippen LogP contribution in [0.1, 0.15) is 23.8 Å². The third-order valence-electron chi connectivity index (χ3n) is 3.83.